The van der Waals surface area contributed by atoms with Crippen LogP contribution in [0.1, 0.15) is 39.7 Å². The molecule has 0 unspecified atom stereocenters. The molecule has 1 aromatic heterocycles. The first kappa shape index (κ1) is 18.9. The van der Waals surface area contributed by atoms with Crippen molar-refractivity contribution in [2.24, 2.45) is 0 Å². The Hall–Kier alpha value is -1.91. The van der Waals surface area contributed by atoms with Gasteiger partial charge in [0, 0.05) is 23.4 Å². The van der Waals surface area contributed by atoms with Gasteiger partial charge in [-0.25, -0.2) is 4.98 Å². The second-order valence-corrected chi connectivity index (χ2v) is 8.78. The second-order valence-electron chi connectivity index (χ2n) is 7.75. The summed E-state index contributed by atoms with van der Waals surface area (Å²) < 4.78 is 6.93. The van der Waals surface area contributed by atoms with Crippen molar-refractivity contribution in [3.05, 3.63) is 48.0 Å². The summed E-state index contributed by atoms with van der Waals surface area (Å²) in [5.74, 6) is 0. The first-order chi connectivity index (χ1) is 12.3. The van der Waals surface area contributed by atoms with Gasteiger partial charge in [0.25, 0.3) is 0 Å². The highest BCUT2D eigenvalue weighted by Crippen LogP contribution is 2.31. The summed E-state index contributed by atoms with van der Waals surface area (Å²) in [5, 5.41) is 4.68. The van der Waals surface area contributed by atoms with E-state index in [1.165, 1.54) is 10.3 Å². The van der Waals surface area contributed by atoms with Crippen molar-refractivity contribution in [1.82, 2.24) is 4.98 Å². The van der Waals surface area contributed by atoms with Crippen molar-refractivity contribution >= 4 is 27.2 Å². The number of fused-ring (bicyclic) bond motifs is 1. The van der Waals surface area contributed by atoms with E-state index < -0.39 is 0 Å². The number of nitrogens with one attached hydrogen (secondary N) is 1. The fourth-order valence-electron chi connectivity index (χ4n) is 2.85. The fourth-order valence-corrected chi connectivity index (χ4v) is 3.92. The van der Waals surface area contributed by atoms with Crippen LogP contribution in [0.3, 0.4) is 0 Å². The zero-order valence-electron chi connectivity index (χ0n) is 16.3. The first-order valence-corrected chi connectivity index (χ1v) is 10.0. The van der Waals surface area contributed by atoms with Gasteiger partial charge in [-0.2, -0.15) is 0 Å². The van der Waals surface area contributed by atoms with Crippen LogP contribution < -0.4 is 5.32 Å². The molecular formula is C22H28N2OS. The summed E-state index contributed by atoms with van der Waals surface area (Å²) >= 11 is 1.75. The largest absolute Gasteiger partial charge is 0.380 e. The minimum Gasteiger partial charge on any atom is -0.380 e. The Labute approximate surface area is 160 Å². The zero-order valence-corrected chi connectivity index (χ0v) is 17.1. The Balaban J connectivity index is 1.69. The average molecular weight is 369 g/mol. The quantitative estimate of drug-likeness (QED) is 0.533. The average Bonchev–Trinajstić information content (AvgIpc) is 2.97. The van der Waals surface area contributed by atoms with E-state index in [9.17, 15) is 0 Å². The number of nitrogens with zero attached hydrogens (tertiary/aromatic N) is 1. The molecule has 1 N–H and O–H groups in total. The molecule has 2 aromatic carbocycles. The van der Waals surface area contributed by atoms with Crippen molar-refractivity contribution in [2.75, 3.05) is 11.9 Å². The Morgan fingerprint density at radius 2 is 1.85 bits per heavy atom. The molecule has 1 heterocycles. The topological polar surface area (TPSA) is 34.2 Å². The van der Waals surface area contributed by atoms with E-state index in [0.29, 0.717) is 0 Å². The minimum atomic E-state index is -0.0101. The molecule has 0 bridgehead atoms. The predicted octanol–water partition coefficient (Wildman–Crippen LogP) is 6.28. The van der Waals surface area contributed by atoms with Crippen LogP contribution in [-0.2, 0) is 4.74 Å². The van der Waals surface area contributed by atoms with E-state index in [1.54, 1.807) is 11.3 Å². The van der Waals surface area contributed by atoms with Crippen LogP contribution in [0.15, 0.2) is 42.5 Å². The molecule has 26 heavy (non-hydrogen) atoms. The maximum absolute atomic E-state index is 5.68. The lowest BCUT2D eigenvalue weighted by Gasteiger charge is -2.28. The molecule has 0 fully saturated rings. The molecule has 0 atom stereocenters. The number of aromatic nitrogens is 1. The van der Waals surface area contributed by atoms with Gasteiger partial charge in [-0.05, 0) is 83.0 Å². The Bertz CT molecular complexity index is 865. The van der Waals surface area contributed by atoms with Crippen LogP contribution in [-0.4, -0.2) is 23.2 Å². The molecule has 0 spiro atoms. The van der Waals surface area contributed by atoms with Gasteiger partial charge in [0.1, 0.15) is 5.01 Å². The van der Waals surface area contributed by atoms with E-state index >= 15 is 0 Å². The summed E-state index contributed by atoms with van der Waals surface area (Å²) in [6, 6.07) is 15.0. The van der Waals surface area contributed by atoms with Crippen LogP contribution in [0.25, 0.3) is 20.8 Å². The number of hydrogen-bond donors (Lipinski definition) is 1. The van der Waals surface area contributed by atoms with E-state index in [2.05, 4.69) is 82.4 Å². The monoisotopic (exact) mass is 368 g/mol. The van der Waals surface area contributed by atoms with Gasteiger partial charge >= 0.3 is 0 Å². The van der Waals surface area contributed by atoms with Crippen LogP contribution in [0.5, 0.6) is 0 Å². The van der Waals surface area contributed by atoms with Gasteiger partial charge in [-0.15, -0.1) is 11.3 Å². The number of benzene rings is 2. The summed E-state index contributed by atoms with van der Waals surface area (Å²) in [6.07, 6.45) is 1.24. The molecule has 138 valence electrons. The third-order valence-electron chi connectivity index (χ3n) is 4.34. The highest BCUT2D eigenvalue weighted by atomic mass is 32.1. The number of rotatable bonds is 7. The lowest BCUT2D eigenvalue weighted by molar-refractivity contribution is 0.0696. The molecule has 4 heteroatoms. The maximum atomic E-state index is 5.68. The number of aryl methyl sites for hydroxylation is 1. The fraction of sp³-hybridized carbons (Fsp3) is 0.409. The van der Waals surface area contributed by atoms with E-state index in [1.807, 2.05) is 0 Å². The van der Waals surface area contributed by atoms with Gasteiger partial charge in [0.2, 0.25) is 0 Å². The van der Waals surface area contributed by atoms with E-state index in [4.69, 9.17) is 9.72 Å². The van der Waals surface area contributed by atoms with Crippen LogP contribution in [0.4, 0.5) is 5.69 Å². The summed E-state index contributed by atoms with van der Waals surface area (Å²) in [7, 11) is 0. The Kier molecular flexibility index (Phi) is 5.64. The second kappa shape index (κ2) is 7.77. The molecule has 0 amide bonds. The lowest BCUT2D eigenvalue weighted by atomic mass is 10.0. The molecule has 3 aromatic rings. The Morgan fingerprint density at radius 3 is 2.54 bits per heavy atom. The van der Waals surface area contributed by atoms with Crippen LogP contribution >= 0.6 is 11.3 Å². The molecule has 0 saturated carbocycles. The van der Waals surface area contributed by atoms with Gasteiger partial charge in [0.05, 0.1) is 16.3 Å². The summed E-state index contributed by atoms with van der Waals surface area (Å²) in [5.41, 5.74) is 4.62. The number of hydrogen-bond acceptors (Lipinski definition) is 4. The third kappa shape index (κ3) is 4.83. The van der Waals surface area contributed by atoms with Crippen molar-refractivity contribution in [1.29, 1.82) is 0 Å². The van der Waals surface area contributed by atoms with Crippen molar-refractivity contribution in [2.45, 2.75) is 52.7 Å². The van der Waals surface area contributed by atoms with Gasteiger partial charge in [0.15, 0.2) is 0 Å². The summed E-state index contributed by atoms with van der Waals surface area (Å²) in [6.45, 7) is 11.4. The number of thiazole rings is 1. The smallest absolute Gasteiger partial charge is 0.124 e. The lowest BCUT2D eigenvalue weighted by Crippen LogP contribution is -2.32. The number of ether oxygens (including phenoxy) is 1. The maximum Gasteiger partial charge on any atom is 0.124 e. The van der Waals surface area contributed by atoms with Crippen LogP contribution in [0, 0.1) is 6.92 Å². The zero-order chi connectivity index (χ0) is 18.7. The minimum absolute atomic E-state index is 0.0101. The molecule has 0 aliphatic rings. The van der Waals surface area contributed by atoms with Gasteiger partial charge in [-0.3, -0.25) is 0 Å². The molecule has 0 radical (unpaired) electrons. The Morgan fingerprint density at radius 1 is 1.12 bits per heavy atom. The van der Waals surface area contributed by atoms with Crippen LogP contribution in [0.2, 0.25) is 0 Å². The first-order valence-electron chi connectivity index (χ1n) is 9.20. The number of anilines is 1. The highest BCUT2D eigenvalue weighted by Gasteiger charge is 2.17. The molecular weight excluding hydrogens is 340 g/mol. The highest BCUT2D eigenvalue weighted by molar-refractivity contribution is 7.21. The summed E-state index contributed by atoms with van der Waals surface area (Å²) in [4.78, 5) is 4.77. The molecule has 0 saturated heterocycles. The van der Waals surface area contributed by atoms with E-state index in [0.717, 1.165) is 34.8 Å². The molecule has 0 aliphatic carbocycles. The van der Waals surface area contributed by atoms with Crippen molar-refractivity contribution in [3.63, 3.8) is 0 Å². The third-order valence-corrected chi connectivity index (χ3v) is 5.40. The standard InChI is InChI=1S/C22H28N2OS/c1-15(2)25-13-12-22(4,5)24-18-9-7-17(8-10-18)21-23-19-11-6-16(3)14-20(19)26-21/h6-11,14-15,24H,12-13H2,1-5H3. The van der Waals surface area contributed by atoms with Gasteiger partial charge < -0.3 is 10.1 Å². The van der Waals surface area contributed by atoms with Gasteiger partial charge in [-0.1, -0.05) is 6.07 Å². The molecule has 0 aliphatic heterocycles. The van der Waals surface area contributed by atoms with Crippen molar-refractivity contribution in [3.8, 4) is 10.6 Å². The molecule has 3 nitrogen and oxygen atoms in total. The van der Waals surface area contributed by atoms with E-state index in [-0.39, 0.29) is 11.6 Å². The normalized spacial score (nSPS) is 12.1. The SMILES string of the molecule is Cc1ccc2nc(-c3ccc(NC(C)(C)CCOC(C)C)cc3)sc2c1. The molecule has 3 rings (SSSR count). The predicted molar refractivity (Wildman–Crippen MR) is 113 cm³/mol. The van der Waals surface area contributed by atoms with Crippen molar-refractivity contribution < 1.29 is 4.74 Å².